The Hall–Kier alpha value is -7.81. The van der Waals surface area contributed by atoms with Crippen molar-refractivity contribution in [2.75, 3.05) is 12.3 Å². The molecule has 0 bridgehead atoms. The van der Waals surface area contributed by atoms with Crippen LogP contribution in [0.5, 0.6) is 0 Å². The molecule has 0 aromatic heterocycles. The van der Waals surface area contributed by atoms with Gasteiger partial charge in [0.25, 0.3) is 0 Å². The summed E-state index contributed by atoms with van der Waals surface area (Å²) < 4.78 is 0. The fourth-order valence-corrected chi connectivity index (χ4v) is 8.02. The van der Waals surface area contributed by atoms with Crippen LogP contribution in [0, 0.1) is 5.41 Å². The molecule has 0 saturated carbocycles. The highest BCUT2D eigenvalue weighted by Crippen LogP contribution is 2.31. The van der Waals surface area contributed by atoms with E-state index in [-0.39, 0.29) is 31.4 Å². The third-order valence-electron chi connectivity index (χ3n) is 11.0. The summed E-state index contributed by atoms with van der Waals surface area (Å²) in [6, 6.07) is 5.26. The molecule has 0 aliphatic carbocycles. The second-order valence-corrected chi connectivity index (χ2v) is 19.3. The molecule has 0 aliphatic heterocycles. The Morgan fingerprint density at radius 1 is 0.533 bits per heavy atom. The molecule has 75 heavy (non-hydrogen) atoms. The van der Waals surface area contributed by atoms with Crippen LogP contribution in [-0.4, -0.2) is 157 Å². The molecule has 27 heteroatoms. The van der Waals surface area contributed by atoms with Crippen LogP contribution in [0.4, 0.5) is 4.79 Å². The first-order chi connectivity index (χ1) is 35.0. The van der Waals surface area contributed by atoms with Gasteiger partial charge in [0.15, 0.2) is 0 Å². The first-order valence-corrected chi connectivity index (χ1v) is 24.1. The molecule has 2 rings (SSSR count). The lowest BCUT2D eigenvalue weighted by Gasteiger charge is -2.36. The van der Waals surface area contributed by atoms with Crippen molar-refractivity contribution in [2.45, 2.75) is 133 Å². The molecule has 0 saturated heterocycles. The predicted molar refractivity (Wildman–Crippen MR) is 269 cm³/mol. The summed E-state index contributed by atoms with van der Waals surface area (Å²) in [6.45, 7) is 6.22. The van der Waals surface area contributed by atoms with Crippen LogP contribution in [0.25, 0.3) is 0 Å². The number of hydrogen-bond donors (Lipinski definition) is 15. The van der Waals surface area contributed by atoms with E-state index in [0.717, 1.165) is 0 Å². The van der Waals surface area contributed by atoms with Crippen molar-refractivity contribution in [3.63, 3.8) is 0 Å². The molecule has 2 aromatic rings. The second-order valence-electron chi connectivity index (χ2n) is 19.0. The van der Waals surface area contributed by atoms with Crippen molar-refractivity contribution >= 4 is 83.9 Å². The molecule has 7 atom stereocenters. The number of rotatable bonds is 33. The van der Waals surface area contributed by atoms with Gasteiger partial charge in [0.05, 0.1) is 6.42 Å². The molecular formula is C48H67N9O17S. The average molecular weight is 1070 g/mol. The number of urea groups is 1. The SMILES string of the molecule is CC(C)(CC(=O)N[C@@H](Cc1ccccc1)C(=O)N[C@@H](Cc1ccccc1)C(=O)NC[C@H](N)C(=O)N[C@@H](CC(=O)O)C(=O)N[C@@H](CS)C(=O)O)CC(C)(C)NC(=O)CC[C@H](NC(=O)N[C@@H](CCC(=O)O)C(=O)O)C(=O)O. The lowest BCUT2D eigenvalue weighted by molar-refractivity contribution is -0.143. The molecule has 26 nitrogen and oxygen atoms in total. The maximum absolute atomic E-state index is 14.2. The van der Waals surface area contributed by atoms with Crippen molar-refractivity contribution in [2.24, 2.45) is 11.1 Å². The number of nitrogens with two attached hydrogens (primary N) is 1. The Kier molecular flexibility index (Phi) is 25.7. The van der Waals surface area contributed by atoms with E-state index in [1.165, 1.54) is 0 Å². The molecule has 0 aliphatic rings. The summed E-state index contributed by atoms with van der Waals surface area (Å²) in [4.78, 5) is 150. The first kappa shape index (κ1) is 63.3. The molecule has 412 valence electrons. The van der Waals surface area contributed by atoms with Gasteiger partial charge in [-0.3, -0.25) is 38.4 Å². The number of benzene rings is 2. The number of amides is 8. The minimum atomic E-state index is -1.76. The van der Waals surface area contributed by atoms with Crippen LogP contribution in [0.2, 0.25) is 0 Å². The zero-order valence-electron chi connectivity index (χ0n) is 41.8. The monoisotopic (exact) mass is 1070 g/mol. The summed E-state index contributed by atoms with van der Waals surface area (Å²) in [6.07, 6.45) is -2.95. The quantitative estimate of drug-likeness (QED) is 0.0377. The highest BCUT2D eigenvalue weighted by Gasteiger charge is 2.35. The average Bonchev–Trinajstić information content (AvgIpc) is 3.30. The van der Waals surface area contributed by atoms with Crippen molar-refractivity contribution in [1.82, 2.24) is 42.5 Å². The van der Waals surface area contributed by atoms with E-state index in [2.05, 4.69) is 49.8 Å². The van der Waals surface area contributed by atoms with Gasteiger partial charge in [0.2, 0.25) is 35.4 Å². The first-order valence-electron chi connectivity index (χ1n) is 23.4. The van der Waals surface area contributed by atoms with Crippen LogP contribution < -0.4 is 48.3 Å². The number of nitrogens with one attached hydrogen (secondary N) is 8. The van der Waals surface area contributed by atoms with Gasteiger partial charge in [0, 0.05) is 49.9 Å². The summed E-state index contributed by atoms with van der Waals surface area (Å²) >= 11 is 3.85. The van der Waals surface area contributed by atoms with E-state index in [1.807, 2.05) is 5.32 Å². The lowest BCUT2D eigenvalue weighted by Crippen LogP contribution is -2.58. The van der Waals surface area contributed by atoms with Crippen LogP contribution in [0.15, 0.2) is 60.7 Å². The molecule has 8 amide bonds. The van der Waals surface area contributed by atoms with Crippen molar-refractivity contribution in [1.29, 1.82) is 0 Å². The van der Waals surface area contributed by atoms with Gasteiger partial charge >= 0.3 is 35.9 Å². The summed E-state index contributed by atoms with van der Waals surface area (Å²) in [5.41, 5.74) is 5.39. The van der Waals surface area contributed by atoms with Gasteiger partial charge in [-0.15, -0.1) is 0 Å². The Balaban J connectivity index is 2.20. The molecular weight excluding hydrogens is 1010 g/mol. The van der Waals surface area contributed by atoms with Gasteiger partial charge in [-0.25, -0.2) is 19.2 Å². The molecule has 0 unspecified atom stereocenters. The van der Waals surface area contributed by atoms with Crippen molar-refractivity contribution in [3.8, 4) is 0 Å². The largest absolute Gasteiger partial charge is 0.481 e. The lowest BCUT2D eigenvalue weighted by atomic mass is 9.77. The van der Waals surface area contributed by atoms with Crippen LogP contribution >= 0.6 is 12.6 Å². The van der Waals surface area contributed by atoms with E-state index < -0.39 is 163 Å². The molecule has 0 radical (unpaired) electrons. The van der Waals surface area contributed by atoms with Gasteiger partial charge in [-0.2, -0.15) is 12.6 Å². The zero-order valence-corrected chi connectivity index (χ0v) is 42.6. The number of carbonyl (C=O) groups is 12. The number of carboxylic acid groups (broad SMARTS) is 5. The Morgan fingerprint density at radius 3 is 1.45 bits per heavy atom. The van der Waals surface area contributed by atoms with E-state index in [1.54, 1.807) is 88.4 Å². The fraction of sp³-hybridized carbons (Fsp3) is 0.500. The maximum atomic E-state index is 14.2. The van der Waals surface area contributed by atoms with Gasteiger partial charge in [-0.1, -0.05) is 74.5 Å². The molecule has 15 N–H and O–H groups in total. The third kappa shape index (κ3) is 24.6. The van der Waals surface area contributed by atoms with Crippen LogP contribution in [0.1, 0.15) is 83.8 Å². The number of hydrogen-bond acceptors (Lipinski definition) is 14. The van der Waals surface area contributed by atoms with E-state index in [9.17, 15) is 78.0 Å². The van der Waals surface area contributed by atoms with Crippen LogP contribution in [-0.2, 0) is 65.6 Å². The number of thiol groups is 1. The third-order valence-corrected chi connectivity index (χ3v) is 11.4. The standard InChI is InChI=1S/C48H67N9O17S/c1-47(2,25-48(3,4)57-35(58)17-15-29(43(68)69)55-46(74)56-30(44(70)71)16-18-37(60)61)22-36(59)51-32(20-27-13-9-6-10-14-27)41(66)53-31(19-26-11-7-5-8-12-26)40(65)50-23-28(49)39(64)52-33(21-38(62)63)42(67)54-34(24-75)45(72)73/h5-14,28-34,75H,15-25,49H2,1-4H3,(H,50,65)(H,51,59)(H,52,64)(H,53,66)(H,54,67)(H,57,58)(H,60,61)(H,62,63)(H,68,69)(H,70,71)(H,72,73)(H2,55,56,74)/t28-,29-,30-,31-,32-,33-,34-/m0/s1. The van der Waals surface area contributed by atoms with Gasteiger partial charge < -0.3 is 73.8 Å². The fourth-order valence-electron chi connectivity index (χ4n) is 7.78. The Morgan fingerprint density at radius 2 is 0.987 bits per heavy atom. The zero-order chi connectivity index (χ0) is 56.6. The highest BCUT2D eigenvalue weighted by molar-refractivity contribution is 7.80. The van der Waals surface area contributed by atoms with Gasteiger partial charge in [-0.05, 0) is 49.7 Å². The Bertz CT molecular complexity index is 2360. The summed E-state index contributed by atoms with van der Waals surface area (Å²) in [5.74, 6) is -12.7. The maximum Gasteiger partial charge on any atom is 0.327 e. The minimum absolute atomic E-state index is 0.0316. The molecule has 2 aromatic carbocycles. The minimum Gasteiger partial charge on any atom is -0.481 e. The number of carboxylic acids is 5. The van der Waals surface area contributed by atoms with E-state index in [0.29, 0.717) is 11.1 Å². The smallest absolute Gasteiger partial charge is 0.327 e. The number of aliphatic carboxylic acids is 5. The predicted octanol–water partition coefficient (Wildman–Crippen LogP) is -1.10. The summed E-state index contributed by atoms with van der Waals surface area (Å²) in [7, 11) is 0. The highest BCUT2D eigenvalue weighted by atomic mass is 32.1. The topological polar surface area (TPSA) is 428 Å². The van der Waals surface area contributed by atoms with Crippen molar-refractivity contribution in [3.05, 3.63) is 71.8 Å². The summed E-state index contributed by atoms with van der Waals surface area (Å²) in [5, 5.41) is 65.5. The molecule has 0 fully saturated rings. The molecule has 0 spiro atoms. The van der Waals surface area contributed by atoms with Crippen LogP contribution in [0.3, 0.4) is 0 Å². The van der Waals surface area contributed by atoms with Crippen molar-refractivity contribution < 1.29 is 83.1 Å². The van der Waals surface area contributed by atoms with Gasteiger partial charge in [0.1, 0.15) is 42.3 Å². The van der Waals surface area contributed by atoms with E-state index in [4.69, 9.17) is 10.8 Å². The molecule has 0 heterocycles. The number of carbonyl (C=O) groups excluding carboxylic acids is 7. The second kappa shape index (κ2) is 30.4. The normalized spacial score (nSPS) is 14.1. The Labute approximate surface area is 436 Å². The van der Waals surface area contributed by atoms with E-state index >= 15 is 0 Å².